The van der Waals surface area contributed by atoms with Gasteiger partial charge in [-0.05, 0) is 88.2 Å². The summed E-state index contributed by atoms with van der Waals surface area (Å²) < 4.78 is 0. The molecule has 0 unspecified atom stereocenters. The highest BCUT2D eigenvalue weighted by Crippen LogP contribution is 2.35. The van der Waals surface area contributed by atoms with Crippen molar-refractivity contribution in [3.63, 3.8) is 0 Å². The average Bonchev–Trinajstić information content (AvgIpc) is 3.31. The van der Waals surface area contributed by atoms with Crippen LogP contribution in [-0.4, -0.2) is 60.0 Å². The van der Waals surface area contributed by atoms with Crippen molar-refractivity contribution in [1.82, 2.24) is 19.8 Å². The summed E-state index contributed by atoms with van der Waals surface area (Å²) in [7, 11) is 4.32. The molecule has 2 aliphatic heterocycles. The highest BCUT2D eigenvalue weighted by Gasteiger charge is 2.32. The van der Waals surface area contributed by atoms with Gasteiger partial charge in [-0.1, -0.05) is 12.1 Å². The van der Waals surface area contributed by atoms with Crippen LogP contribution in [0.5, 0.6) is 0 Å². The molecular weight excluding hydrogens is 348 g/mol. The lowest BCUT2D eigenvalue weighted by atomic mass is 9.95. The van der Waals surface area contributed by atoms with Gasteiger partial charge in [0.2, 0.25) is 0 Å². The molecule has 0 aromatic carbocycles. The molecule has 0 aliphatic carbocycles. The maximum Gasteiger partial charge on any atom is 0.0400 e. The van der Waals surface area contributed by atoms with Crippen molar-refractivity contribution < 1.29 is 0 Å². The van der Waals surface area contributed by atoms with E-state index in [2.05, 4.69) is 46.0 Å². The van der Waals surface area contributed by atoms with Gasteiger partial charge in [-0.25, -0.2) is 0 Å². The molecular formula is C22H34N6. The molecule has 2 aliphatic rings. The van der Waals surface area contributed by atoms with E-state index in [1.54, 1.807) is 0 Å². The number of pyridine rings is 2. The third kappa shape index (κ3) is 4.75. The summed E-state index contributed by atoms with van der Waals surface area (Å²) in [4.78, 5) is 13.1. The molecule has 4 heterocycles. The summed E-state index contributed by atoms with van der Waals surface area (Å²) in [5, 5.41) is 0. The lowest BCUT2D eigenvalue weighted by Gasteiger charge is -2.24. The molecule has 2 saturated heterocycles. The molecule has 4 N–H and O–H groups in total. The van der Waals surface area contributed by atoms with Crippen LogP contribution in [0.15, 0.2) is 49.1 Å². The number of hydrogen-bond donors (Lipinski definition) is 2. The average molecular weight is 383 g/mol. The second kappa shape index (κ2) is 10.1. The quantitative estimate of drug-likeness (QED) is 0.842. The molecule has 2 aromatic heterocycles. The van der Waals surface area contributed by atoms with Gasteiger partial charge in [0.05, 0.1) is 0 Å². The number of nitrogens with zero attached hydrogens (tertiary/aromatic N) is 4. The molecule has 0 bridgehead atoms. The van der Waals surface area contributed by atoms with Crippen molar-refractivity contribution in [1.29, 1.82) is 0 Å². The molecule has 4 atom stereocenters. The number of rotatable bonds is 4. The van der Waals surface area contributed by atoms with Crippen molar-refractivity contribution in [2.75, 3.05) is 40.3 Å². The molecule has 2 fully saturated rings. The summed E-state index contributed by atoms with van der Waals surface area (Å²) in [6.45, 7) is 3.82. The normalized spacial score (nSPS) is 28.1. The van der Waals surface area contributed by atoms with Crippen LogP contribution in [0.1, 0.15) is 36.1 Å². The van der Waals surface area contributed by atoms with Crippen molar-refractivity contribution >= 4 is 0 Å². The Morgan fingerprint density at radius 3 is 1.57 bits per heavy atom. The minimum atomic E-state index is 0.466. The van der Waals surface area contributed by atoms with E-state index in [0.29, 0.717) is 23.9 Å². The maximum absolute atomic E-state index is 5.78. The number of aromatic nitrogens is 2. The standard InChI is InChI=1S/2C11H17N3/c2*1-14-6-4-9(7-12)11(14)10-3-2-5-13-8-10/h2*2-3,5,8-9,11H,4,6-7,12H2,1H3/t2*9-,11+/m10/s1. The van der Waals surface area contributed by atoms with Gasteiger partial charge in [-0.3, -0.25) is 19.8 Å². The van der Waals surface area contributed by atoms with Gasteiger partial charge >= 0.3 is 0 Å². The molecule has 6 nitrogen and oxygen atoms in total. The Morgan fingerprint density at radius 2 is 1.25 bits per heavy atom. The topological polar surface area (TPSA) is 84.3 Å². The van der Waals surface area contributed by atoms with Gasteiger partial charge in [0, 0.05) is 36.9 Å². The first-order valence-electron chi connectivity index (χ1n) is 10.3. The molecule has 0 spiro atoms. The van der Waals surface area contributed by atoms with Crippen LogP contribution in [0, 0.1) is 11.8 Å². The zero-order valence-electron chi connectivity index (χ0n) is 17.1. The van der Waals surface area contributed by atoms with Gasteiger partial charge in [-0.2, -0.15) is 0 Å². The lowest BCUT2D eigenvalue weighted by molar-refractivity contribution is 0.279. The predicted molar refractivity (Wildman–Crippen MR) is 114 cm³/mol. The molecule has 0 amide bonds. The molecule has 2 aromatic rings. The van der Waals surface area contributed by atoms with Crippen molar-refractivity contribution in [3.8, 4) is 0 Å². The zero-order chi connectivity index (χ0) is 19.9. The Morgan fingerprint density at radius 1 is 0.821 bits per heavy atom. The van der Waals surface area contributed by atoms with Gasteiger partial charge in [0.25, 0.3) is 0 Å². The minimum absolute atomic E-state index is 0.466. The van der Waals surface area contributed by atoms with Gasteiger partial charge in [0.1, 0.15) is 0 Å². The van der Waals surface area contributed by atoms with E-state index in [1.807, 2.05) is 36.9 Å². The highest BCUT2D eigenvalue weighted by molar-refractivity contribution is 5.17. The van der Waals surface area contributed by atoms with Crippen LogP contribution in [-0.2, 0) is 0 Å². The third-order valence-corrected chi connectivity index (χ3v) is 6.21. The first kappa shape index (κ1) is 20.9. The van der Waals surface area contributed by atoms with E-state index in [0.717, 1.165) is 26.2 Å². The molecule has 6 heteroatoms. The Bertz CT molecular complexity index is 633. The van der Waals surface area contributed by atoms with Crippen molar-refractivity contribution in [3.05, 3.63) is 60.2 Å². The number of hydrogen-bond acceptors (Lipinski definition) is 6. The predicted octanol–water partition coefficient (Wildman–Crippen LogP) is 2.07. The zero-order valence-corrected chi connectivity index (χ0v) is 17.1. The fourth-order valence-corrected chi connectivity index (χ4v) is 4.70. The van der Waals surface area contributed by atoms with E-state index < -0.39 is 0 Å². The Hall–Kier alpha value is -1.86. The molecule has 0 saturated carbocycles. The van der Waals surface area contributed by atoms with E-state index in [1.165, 1.54) is 24.0 Å². The second-order valence-corrected chi connectivity index (χ2v) is 7.99. The Balaban J connectivity index is 0.000000161. The smallest absolute Gasteiger partial charge is 0.0400 e. The third-order valence-electron chi connectivity index (χ3n) is 6.21. The first-order valence-corrected chi connectivity index (χ1v) is 10.3. The van der Waals surface area contributed by atoms with Crippen LogP contribution < -0.4 is 11.5 Å². The summed E-state index contributed by atoms with van der Waals surface area (Å²) in [6, 6.07) is 9.21. The summed E-state index contributed by atoms with van der Waals surface area (Å²) in [5.41, 5.74) is 14.1. The number of nitrogens with two attached hydrogens (primary N) is 2. The lowest BCUT2D eigenvalue weighted by Crippen LogP contribution is -2.25. The SMILES string of the molecule is CN1CC[C@@H](CN)[C@@H]1c1cccnc1.CN1CC[C@H](CN)[C@H]1c1cccnc1. The minimum Gasteiger partial charge on any atom is -0.330 e. The number of likely N-dealkylation sites (tertiary alicyclic amines) is 2. The van der Waals surface area contributed by atoms with Crippen LogP contribution >= 0.6 is 0 Å². The highest BCUT2D eigenvalue weighted by atomic mass is 15.2. The molecule has 28 heavy (non-hydrogen) atoms. The van der Waals surface area contributed by atoms with Crippen molar-refractivity contribution in [2.45, 2.75) is 24.9 Å². The fourth-order valence-electron chi connectivity index (χ4n) is 4.70. The maximum atomic E-state index is 5.78. The van der Waals surface area contributed by atoms with E-state index >= 15 is 0 Å². The van der Waals surface area contributed by atoms with Gasteiger partial charge in [-0.15, -0.1) is 0 Å². The first-order chi connectivity index (χ1) is 13.7. The molecule has 4 rings (SSSR count). The second-order valence-electron chi connectivity index (χ2n) is 7.99. The Labute approximate surface area is 169 Å². The van der Waals surface area contributed by atoms with Crippen LogP contribution in [0.2, 0.25) is 0 Å². The monoisotopic (exact) mass is 382 g/mol. The van der Waals surface area contributed by atoms with Crippen LogP contribution in [0.4, 0.5) is 0 Å². The van der Waals surface area contributed by atoms with Crippen LogP contribution in [0.3, 0.4) is 0 Å². The fraction of sp³-hybridized carbons (Fsp3) is 0.545. The molecule has 152 valence electrons. The van der Waals surface area contributed by atoms with E-state index in [9.17, 15) is 0 Å². The largest absolute Gasteiger partial charge is 0.330 e. The van der Waals surface area contributed by atoms with E-state index in [4.69, 9.17) is 11.5 Å². The van der Waals surface area contributed by atoms with Crippen LogP contribution in [0.25, 0.3) is 0 Å². The van der Waals surface area contributed by atoms with Crippen molar-refractivity contribution in [2.24, 2.45) is 23.3 Å². The summed E-state index contributed by atoms with van der Waals surface area (Å²) >= 11 is 0. The molecule has 0 radical (unpaired) electrons. The summed E-state index contributed by atoms with van der Waals surface area (Å²) in [6.07, 6.45) is 9.94. The Kier molecular flexibility index (Phi) is 7.50. The van der Waals surface area contributed by atoms with Gasteiger partial charge in [0.15, 0.2) is 0 Å². The summed E-state index contributed by atoms with van der Waals surface area (Å²) in [5.74, 6) is 1.17. The van der Waals surface area contributed by atoms with Gasteiger partial charge < -0.3 is 11.5 Å². The van der Waals surface area contributed by atoms with E-state index in [-0.39, 0.29) is 0 Å².